The highest BCUT2D eigenvalue weighted by Gasteiger charge is 2.45. The molecule has 1 unspecified atom stereocenters. The largest absolute Gasteiger partial charge is 0.508 e. The van der Waals surface area contributed by atoms with Crippen molar-refractivity contribution in [3.05, 3.63) is 303 Å². The summed E-state index contributed by atoms with van der Waals surface area (Å²) in [4.78, 5) is 157. The second kappa shape index (κ2) is 47.9. The molecule has 5 atom stereocenters. The van der Waals surface area contributed by atoms with Gasteiger partial charge < -0.3 is 75.7 Å². The van der Waals surface area contributed by atoms with Crippen LogP contribution in [0, 0.1) is 125 Å². The Morgan fingerprint density at radius 2 is 0.859 bits per heavy atom. The van der Waals surface area contributed by atoms with Crippen LogP contribution in [0.5, 0.6) is 5.75 Å². The summed E-state index contributed by atoms with van der Waals surface area (Å²) < 4.78 is 10.7. The summed E-state index contributed by atoms with van der Waals surface area (Å²) in [6, 6.07) is 36.2. The Labute approximate surface area is 778 Å². The number of nitrogen functional groups attached to an aromatic ring is 1. The van der Waals surface area contributed by atoms with E-state index in [0.717, 1.165) is 117 Å². The number of aliphatic hydroxyl groups excluding tert-OH is 4. The van der Waals surface area contributed by atoms with Crippen molar-refractivity contribution in [1.29, 1.82) is 0 Å². The van der Waals surface area contributed by atoms with Crippen LogP contribution in [0.1, 0.15) is 207 Å². The summed E-state index contributed by atoms with van der Waals surface area (Å²) in [6.45, 7) is 26.1. The lowest BCUT2D eigenvalue weighted by Crippen LogP contribution is -2.50. The van der Waals surface area contributed by atoms with Crippen molar-refractivity contribution in [2.24, 2.45) is 5.18 Å². The number of hydrogen-bond acceptors (Lipinski definition) is 25. The predicted molar refractivity (Wildman–Crippen MR) is 502 cm³/mol. The molecular formula is C98H113N11O26. The third kappa shape index (κ3) is 27.2. The van der Waals surface area contributed by atoms with Gasteiger partial charge in [0.1, 0.15) is 30.2 Å². The molecule has 4 fully saturated rings. The van der Waals surface area contributed by atoms with Crippen molar-refractivity contribution >= 4 is 93.5 Å². The van der Waals surface area contributed by atoms with E-state index in [-0.39, 0.29) is 120 Å². The van der Waals surface area contributed by atoms with Gasteiger partial charge in [-0.15, -0.1) is 4.91 Å². The van der Waals surface area contributed by atoms with Crippen LogP contribution in [0.25, 0.3) is 0 Å². The van der Waals surface area contributed by atoms with Crippen molar-refractivity contribution in [2.75, 3.05) is 62.0 Å². The van der Waals surface area contributed by atoms with Gasteiger partial charge in [-0.2, -0.15) is 0 Å². The van der Waals surface area contributed by atoms with Crippen LogP contribution in [0.2, 0.25) is 0 Å². The van der Waals surface area contributed by atoms with Crippen molar-refractivity contribution in [3.8, 4) is 5.75 Å². The molecule has 6 amide bonds. The SMILES string of the molecule is Cc1cc(C(=O)N2CCC[C@H]2CO)c([N+](=O)[O-])cc1C.Cc1cc(C(=O)O)ccc1O.Cc1cc(N)c(C(=O)N2CCC[C@H]2CO)cc1C.Cc1cc(N=O)c(C(=O)O)cc1C.Cc1cc(NC(=O)OCc2ccc([N+](=O)[O-])cc2)c(C(=O)N2CCC[C@H]2CO)cc1C.Cc1cc2c(cc1C)N(C(=O)OCc1ccc([N+](=O)[O-])cc1)C(O)[C@@H]1CCCN1C2=O.Cc1ccc(C(=O)O)cc1C. The molecule has 716 valence electrons. The van der Waals surface area contributed by atoms with E-state index in [0.29, 0.717) is 88.6 Å². The number of carbonyl (C=O) groups is 9. The van der Waals surface area contributed by atoms with Gasteiger partial charge in [-0.25, -0.2) is 28.9 Å². The molecule has 5 heterocycles. The lowest BCUT2D eigenvalue weighted by Gasteiger charge is -2.31. The van der Waals surface area contributed by atoms with Gasteiger partial charge in [0, 0.05) is 62.2 Å². The second-order valence-electron chi connectivity index (χ2n) is 33.5. The van der Waals surface area contributed by atoms with E-state index in [2.05, 4.69) is 10.5 Å². The number of nitroso groups, excluding NO2 is 1. The number of aromatic carboxylic acids is 3. The minimum Gasteiger partial charge on any atom is -0.508 e. The number of hydrogen-bond donors (Lipinski definition) is 10. The van der Waals surface area contributed by atoms with E-state index in [4.69, 9.17) is 35.6 Å². The van der Waals surface area contributed by atoms with E-state index >= 15 is 0 Å². The number of nitro groups is 3. The Hall–Kier alpha value is -15.0. The Bertz CT molecular complexity index is 5880. The average molecular weight is 1860 g/mol. The second-order valence-corrected chi connectivity index (χ2v) is 33.5. The first-order valence-electron chi connectivity index (χ1n) is 43.3. The summed E-state index contributed by atoms with van der Waals surface area (Å²) in [7, 11) is 0. The number of nitrogens with one attached hydrogen (secondary N) is 1. The van der Waals surface area contributed by atoms with Crippen LogP contribution in [0.4, 0.5) is 49.4 Å². The van der Waals surface area contributed by atoms with Gasteiger partial charge in [0.2, 0.25) is 0 Å². The quantitative estimate of drug-likeness (QED) is 0.0165. The van der Waals surface area contributed by atoms with Gasteiger partial charge >= 0.3 is 30.1 Å². The predicted octanol–water partition coefficient (Wildman–Crippen LogP) is 15.9. The number of aryl methyl sites for hydroxylation is 13. The Kier molecular flexibility index (Phi) is 37.4. The number of rotatable bonds is 18. The number of benzene rings is 9. The molecule has 0 radical (unpaired) electrons. The van der Waals surface area contributed by atoms with E-state index < -0.39 is 57.1 Å². The fourth-order valence-electron chi connectivity index (χ4n) is 15.4. The molecule has 5 aliphatic rings. The number of likely N-dealkylation sites (tertiary alicyclic amines) is 3. The summed E-state index contributed by atoms with van der Waals surface area (Å²) in [5, 5.41) is 112. The van der Waals surface area contributed by atoms with Crippen LogP contribution in [-0.4, -0.2) is 205 Å². The zero-order chi connectivity index (χ0) is 99.8. The third-order valence-corrected chi connectivity index (χ3v) is 24.2. The number of carboxylic acids is 3. The number of phenols is 1. The Morgan fingerprint density at radius 3 is 1.33 bits per heavy atom. The summed E-state index contributed by atoms with van der Waals surface area (Å²) in [5.41, 5.74) is 21.7. The number of nitrogens with zero attached hydrogens (tertiary/aromatic N) is 9. The fourth-order valence-corrected chi connectivity index (χ4v) is 15.4. The van der Waals surface area contributed by atoms with E-state index in [1.54, 1.807) is 84.9 Å². The molecule has 0 spiro atoms. The Morgan fingerprint density at radius 1 is 0.452 bits per heavy atom. The highest BCUT2D eigenvalue weighted by molar-refractivity contribution is 6.06. The van der Waals surface area contributed by atoms with Gasteiger partial charge in [0.05, 0.1) is 104 Å². The smallest absolute Gasteiger partial charge is 0.416 e. The molecule has 37 nitrogen and oxygen atoms in total. The van der Waals surface area contributed by atoms with Crippen LogP contribution in [0.15, 0.2) is 151 Å². The third-order valence-electron chi connectivity index (χ3n) is 24.2. The molecule has 0 saturated carbocycles. The number of nitrogens with two attached hydrogens (primary N) is 1. The standard InChI is InChI=1S/C22H23N3O6.C22H25N3O6.C14H18N2O4.C14H20N2O2.C9H9NO3.C9H10O2.C8H8O3/c1-13-10-17-19(11-14(13)2)24(21(27)18-4-3-9-23(18)20(17)26)22(28)31-12-15-5-7-16(8-6-15)25(29)30;1-14-10-19(21(27)24-9-3-4-18(24)12-26)20(11-15(14)2)23-22(28)31-13-16-5-7-17(8-6-16)25(29)30;1-9-6-12(13(16(19)20)7-10(9)2)14(18)15-5-3-4-11(15)8-17;1-9-6-12(13(15)7-10(9)2)14(18)16-5-3-4-11(16)8-17;1-5-3-7(9(11)12)8(10-13)4-6(5)2;1-6-3-4-8(9(10)11)5-7(6)2;1-5-4-6(8(10)11)2-3-7(5)9/h5-8,10-11,18,21,27H,3-4,9,12H2,1-2H3;5-8,10-11,18,26H,3-4,9,12-13H2,1-2H3,(H,23,28);6-7,11,17H,3-5,8H2,1-2H3;6-7,11,17H,3-5,8,15H2,1-2H3;3-4H,1-2H3,(H,11,12);3-5H,1-2H3,(H,10,11);2-4,9H,1H3,(H,10,11)/t18-,21?;18-;2*11-;;;/m0000.../s1. The molecule has 5 aliphatic heterocycles. The van der Waals surface area contributed by atoms with Gasteiger partial charge in [-0.05, 0) is 339 Å². The minimum atomic E-state index is -1.24. The van der Waals surface area contributed by atoms with Crippen molar-refractivity contribution in [2.45, 2.75) is 185 Å². The molecule has 9 aromatic carbocycles. The van der Waals surface area contributed by atoms with E-state index in [9.17, 15) is 98.8 Å². The monoisotopic (exact) mass is 1860 g/mol. The number of non-ortho nitro benzene ring substituents is 2. The zero-order valence-electron chi connectivity index (χ0n) is 77.3. The number of nitro benzene ring substituents is 3. The van der Waals surface area contributed by atoms with Gasteiger partial charge in [-0.3, -0.25) is 54.8 Å². The minimum absolute atomic E-state index is 0.0180. The molecular weight excluding hydrogens is 1750 g/mol. The van der Waals surface area contributed by atoms with Gasteiger partial charge in [0.15, 0.2) is 6.23 Å². The fraction of sp³-hybridized carbons (Fsp3) is 0.357. The number of carboxylic acid groups (broad SMARTS) is 3. The number of aromatic hydroxyl groups is 1. The topological polar surface area (TPSA) is 547 Å². The number of fused-ring (bicyclic) bond motifs is 2. The van der Waals surface area contributed by atoms with Crippen LogP contribution >= 0.6 is 0 Å². The molecule has 14 rings (SSSR count). The van der Waals surface area contributed by atoms with E-state index in [1.165, 1.54) is 89.8 Å². The zero-order valence-corrected chi connectivity index (χ0v) is 77.3. The first-order valence-corrected chi connectivity index (χ1v) is 43.3. The first-order chi connectivity index (χ1) is 63.8. The number of carbonyl (C=O) groups excluding carboxylic acids is 6. The van der Waals surface area contributed by atoms with Crippen LogP contribution in [0.3, 0.4) is 0 Å². The number of amides is 6. The van der Waals surface area contributed by atoms with Crippen molar-refractivity contribution < 1.29 is 108 Å². The maximum absolute atomic E-state index is 13.1. The highest BCUT2D eigenvalue weighted by atomic mass is 16.6. The van der Waals surface area contributed by atoms with Crippen LogP contribution in [-0.2, 0) is 22.7 Å². The van der Waals surface area contributed by atoms with Gasteiger partial charge in [0.25, 0.3) is 40.7 Å². The lowest BCUT2D eigenvalue weighted by atomic mass is 10.0. The van der Waals surface area contributed by atoms with Crippen molar-refractivity contribution in [1.82, 2.24) is 19.6 Å². The maximum atomic E-state index is 13.1. The molecule has 0 aliphatic carbocycles. The maximum Gasteiger partial charge on any atom is 0.416 e. The lowest BCUT2D eigenvalue weighted by molar-refractivity contribution is -0.385. The summed E-state index contributed by atoms with van der Waals surface area (Å²) >= 11 is 0. The van der Waals surface area contributed by atoms with Crippen LogP contribution < -0.4 is 16.0 Å². The van der Waals surface area contributed by atoms with Gasteiger partial charge in [-0.1, -0.05) is 6.07 Å². The summed E-state index contributed by atoms with van der Waals surface area (Å²) in [5.74, 6) is -3.73. The molecule has 4 saturated heterocycles. The summed E-state index contributed by atoms with van der Waals surface area (Å²) in [6.07, 6.45) is 3.51. The number of ether oxygens (including phenoxy) is 2. The number of phenolic OH excluding ortho intramolecular Hbond substituents is 1. The molecule has 11 N–H and O–H groups in total. The molecule has 9 aromatic rings. The molecule has 0 bridgehead atoms. The number of aliphatic hydroxyl groups is 4. The number of anilines is 3. The average Bonchev–Trinajstić information content (AvgIpc) is 1.61. The Balaban J connectivity index is 0.000000201. The van der Waals surface area contributed by atoms with Crippen molar-refractivity contribution in [3.63, 3.8) is 0 Å². The highest BCUT2D eigenvalue weighted by Crippen LogP contribution is 2.38. The van der Waals surface area contributed by atoms with E-state index in [1.807, 2.05) is 80.5 Å². The first kappa shape index (κ1) is 105. The normalized spacial score (nSPS) is 16.0. The molecule has 0 aromatic heterocycles. The molecule has 37 heteroatoms. The molecule has 135 heavy (non-hydrogen) atoms.